The van der Waals surface area contributed by atoms with E-state index in [0.717, 1.165) is 15.8 Å². The van der Waals surface area contributed by atoms with Gasteiger partial charge in [-0.2, -0.15) is 5.26 Å². The molecule has 6 heteroatoms. The molecule has 2 aromatic carbocycles. The molecular formula is C20H14N2O3S. The van der Waals surface area contributed by atoms with Gasteiger partial charge in [-0.25, -0.2) is 4.98 Å². The molecular weight excluding hydrogens is 348 g/mol. The number of aryl methyl sites for hydroxylation is 1. The Bertz CT molecular complexity index is 1180. The number of aromatic nitrogens is 1. The van der Waals surface area contributed by atoms with Crippen LogP contribution in [0.4, 0.5) is 0 Å². The van der Waals surface area contributed by atoms with E-state index >= 15 is 0 Å². The van der Waals surface area contributed by atoms with Crippen molar-refractivity contribution in [3.05, 3.63) is 58.4 Å². The first-order valence-corrected chi connectivity index (χ1v) is 8.97. The highest BCUT2D eigenvalue weighted by Crippen LogP contribution is 2.31. The van der Waals surface area contributed by atoms with Crippen molar-refractivity contribution in [2.75, 3.05) is 6.61 Å². The number of thiazole rings is 1. The maximum Gasteiger partial charge on any atom is 0.202 e. The Labute approximate surface area is 153 Å². The number of rotatable bonds is 4. The second-order valence-electron chi connectivity index (χ2n) is 5.72. The Morgan fingerprint density at radius 1 is 1.31 bits per heavy atom. The predicted molar refractivity (Wildman–Crippen MR) is 102 cm³/mol. The van der Waals surface area contributed by atoms with Crippen LogP contribution in [0, 0.1) is 11.3 Å². The molecule has 0 amide bonds. The first kappa shape index (κ1) is 16.3. The van der Waals surface area contributed by atoms with Gasteiger partial charge in [0.2, 0.25) is 5.43 Å². The van der Waals surface area contributed by atoms with Crippen LogP contribution in [0.15, 0.2) is 51.9 Å². The summed E-state index contributed by atoms with van der Waals surface area (Å²) in [5.74, 6) is 0.567. The summed E-state index contributed by atoms with van der Waals surface area (Å²) in [6, 6.07) is 13.2. The van der Waals surface area contributed by atoms with Gasteiger partial charge in [0.1, 0.15) is 28.7 Å². The maximum absolute atomic E-state index is 13.0. The third-order valence-corrected chi connectivity index (χ3v) is 5.22. The fraction of sp³-hybridized carbons (Fsp3) is 0.150. The van der Waals surface area contributed by atoms with E-state index < -0.39 is 0 Å². The monoisotopic (exact) mass is 362 g/mol. The Balaban J connectivity index is 1.89. The molecule has 0 aliphatic heterocycles. The number of para-hydroxylation sites is 1. The van der Waals surface area contributed by atoms with Crippen LogP contribution < -0.4 is 10.2 Å². The summed E-state index contributed by atoms with van der Waals surface area (Å²) >= 11 is 1.47. The Morgan fingerprint density at radius 3 is 2.92 bits per heavy atom. The van der Waals surface area contributed by atoms with Crippen molar-refractivity contribution in [1.29, 1.82) is 5.26 Å². The van der Waals surface area contributed by atoms with Gasteiger partial charge >= 0.3 is 0 Å². The van der Waals surface area contributed by atoms with E-state index in [0.29, 0.717) is 33.7 Å². The molecule has 0 saturated heterocycles. The zero-order valence-corrected chi connectivity index (χ0v) is 14.8. The van der Waals surface area contributed by atoms with Gasteiger partial charge < -0.3 is 9.15 Å². The predicted octanol–water partition coefficient (Wildman–Crippen LogP) is 4.53. The fourth-order valence-corrected chi connectivity index (χ4v) is 3.83. The summed E-state index contributed by atoms with van der Waals surface area (Å²) in [4.78, 5) is 17.6. The highest BCUT2D eigenvalue weighted by molar-refractivity contribution is 7.21. The van der Waals surface area contributed by atoms with Crippen LogP contribution in [0.25, 0.3) is 31.8 Å². The van der Waals surface area contributed by atoms with E-state index in [4.69, 9.17) is 14.4 Å². The second-order valence-corrected chi connectivity index (χ2v) is 6.75. The number of nitrogens with zero attached hydrogens (tertiary/aromatic N) is 2. The number of nitriles is 1. The number of ether oxygens (including phenoxy) is 1. The van der Waals surface area contributed by atoms with Crippen LogP contribution in [0.5, 0.6) is 5.75 Å². The van der Waals surface area contributed by atoms with E-state index in [1.54, 1.807) is 12.1 Å². The minimum absolute atomic E-state index is 0.0491. The van der Waals surface area contributed by atoms with Gasteiger partial charge in [0.15, 0.2) is 6.61 Å². The van der Waals surface area contributed by atoms with Crippen molar-refractivity contribution in [3.8, 4) is 22.4 Å². The number of benzene rings is 2. The zero-order chi connectivity index (χ0) is 18.1. The average molecular weight is 362 g/mol. The number of hydrogen-bond acceptors (Lipinski definition) is 6. The van der Waals surface area contributed by atoms with E-state index in [-0.39, 0.29) is 12.0 Å². The van der Waals surface area contributed by atoms with Crippen LogP contribution in [-0.2, 0) is 6.42 Å². The lowest BCUT2D eigenvalue weighted by Crippen LogP contribution is -2.06. The standard InChI is InChI=1S/C20H14N2O3S/c1-2-12-9-13-17(10-16(12)24-8-7-21)25-11-14(19(13)23)20-22-15-5-3-4-6-18(15)26-20/h3-6,9-11H,2,8H2,1H3. The number of fused-ring (bicyclic) bond motifs is 2. The third kappa shape index (κ3) is 2.72. The average Bonchev–Trinajstić information content (AvgIpc) is 3.10. The Hall–Kier alpha value is -3.17. The molecule has 0 radical (unpaired) electrons. The highest BCUT2D eigenvalue weighted by Gasteiger charge is 2.15. The molecule has 26 heavy (non-hydrogen) atoms. The summed E-state index contributed by atoms with van der Waals surface area (Å²) < 4.78 is 12.2. The Morgan fingerprint density at radius 2 is 2.15 bits per heavy atom. The summed E-state index contributed by atoms with van der Waals surface area (Å²) in [5.41, 5.74) is 2.49. The quantitative estimate of drug-likeness (QED) is 0.533. The van der Waals surface area contributed by atoms with Crippen LogP contribution in [-0.4, -0.2) is 11.6 Å². The molecule has 0 bridgehead atoms. The number of hydrogen-bond donors (Lipinski definition) is 0. The summed E-state index contributed by atoms with van der Waals surface area (Å²) in [6.07, 6.45) is 2.13. The van der Waals surface area contributed by atoms with Gasteiger partial charge in [0.05, 0.1) is 21.2 Å². The fourth-order valence-electron chi connectivity index (χ4n) is 2.86. The Kier molecular flexibility index (Phi) is 4.15. The van der Waals surface area contributed by atoms with Crippen molar-refractivity contribution >= 4 is 32.5 Å². The highest BCUT2D eigenvalue weighted by atomic mass is 32.1. The van der Waals surface area contributed by atoms with Crippen molar-refractivity contribution in [2.24, 2.45) is 0 Å². The molecule has 128 valence electrons. The van der Waals surface area contributed by atoms with Crippen LogP contribution >= 0.6 is 11.3 Å². The first-order chi connectivity index (χ1) is 12.7. The SMILES string of the molecule is CCc1cc2c(=O)c(-c3nc4ccccc4s3)coc2cc1OCC#N. The normalized spacial score (nSPS) is 10.9. The minimum atomic E-state index is -0.119. The summed E-state index contributed by atoms with van der Waals surface area (Å²) in [6.45, 7) is 1.92. The smallest absolute Gasteiger partial charge is 0.202 e. The molecule has 5 nitrogen and oxygen atoms in total. The maximum atomic E-state index is 13.0. The van der Waals surface area contributed by atoms with Crippen molar-refractivity contribution in [1.82, 2.24) is 4.98 Å². The van der Waals surface area contributed by atoms with Gasteiger partial charge in [0, 0.05) is 6.07 Å². The second kappa shape index (κ2) is 6.62. The molecule has 2 heterocycles. The molecule has 0 saturated carbocycles. The molecule has 0 aliphatic carbocycles. The van der Waals surface area contributed by atoms with Gasteiger partial charge in [-0.1, -0.05) is 19.1 Å². The zero-order valence-electron chi connectivity index (χ0n) is 14.0. The van der Waals surface area contributed by atoms with Gasteiger partial charge in [-0.05, 0) is 30.2 Å². The molecule has 2 aromatic heterocycles. The van der Waals surface area contributed by atoms with Crippen molar-refractivity contribution < 1.29 is 9.15 Å². The molecule has 0 fully saturated rings. The molecule has 0 aliphatic rings. The molecule has 0 atom stereocenters. The minimum Gasteiger partial charge on any atom is -0.478 e. The van der Waals surface area contributed by atoms with E-state index in [2.05, 4.69) is 4.98 Å². The van der Waals surface area contributed by atoms with E-state index in [1.807, 2.05) is 37.3 Å². The van der Waals surface area contributed by atoms with Crippen LogP contribution in [0.3, 0.4) is 0 Å². The first-order valence-electron chi connectivity index (χ1n) is 8.15. The molecule has 4 rings (SSSR count). The van der Waals surface area contributed by atoms with Crippen LogP contribution in [0.1, 0.15) is 12.5 Å². The van der Waals surface area contributed by atoms with Crippen LogP contribution in [0.2, 0.25) is 0 Å². The molecule has 0 N–H and O–H groups in total. The molecule has 4 aromatic rings. The summed E-state index contributed by atoms with van der Waals surface area (Å²) in [5, 5.41) is 9.85. The van der Waals surface area contributed by atoms with Crippen molar-refractivity contribution in [3.63, 3.8) is 0 Å². The molecule has 0 unspecified atom stereocenters. The van der Waals surface area contributed by atoms with Gasteiger partial charge in [-0.15, -0.1) is 11.3 Å². The largest absolute Gasteiger partial charge is 0.478 e. The lowest BCUT2D eigenvalue weighted by atomic mass is 10.1. The van der Waals surface area contributed by atoms with Crippen molar-refractivity contribution in [2.45, 2.75) is 13.3 Å². The summed E-state index contributed by atoms with van der Waals surface area (Å²) in [7, 11) is 0. The van der Waals surface area contributed by atoms with E-state index in [9.17, 15) is 4.79 Å². The van der Waals surface area contributed by atoms with Gasteiger partial charge in [-0.3, -0.25) is 4.79 Å². The lowest BCUT2D eigenvalue weighted by molar-refractivity contribution is 0.364. The van der Waals surface area contributed by atoms with Gasteiger partial charge in [0.25, 0.3) is 0 Å². The topological polar surface area (TPSA) is 76.1 Å². The third-order valence-electron chi connectivity index (χ3n) is 4.15. The van der Waals surface area contributed by atoms with E-state index in [1.165, 1.54) is 17.6 Å². The lowest BCUT2D eigenvalue weighted by Gasteiger charge is -2.09. The molecule has 0 spiro atoms.